The number of carbonyl (C=O) groups is 1. The van der Waals surface area contributed by atoms with Gasteiger partial charge in [-0.3, -0.25) is 9.69 Å². The maximum absolute atomic E-state index is 11.4. The molecule has 0 aromatic heterocycles. The zero-order valence-electron chi connectivity index (χ0n) is 12.4. The summed E-state index contributed by atoms with van der Waals surface area (Å²) in [5, 5.41) is 10.2. The van der Waals surface area contributed by atoms with Crippen LogP contribution in [-0.4, -0.2) is 29.1 Å². The molecule has 0 saturated carbocycles. The lowest BCUT2D eigenvalue weighted by Crippen LogP contribution is -2.44. The maximum atomic E-state index is 11.4. The highest BCUT2D eigenvalue weighted by Crippen LogP contribution is 2.35. The molecule has 1 fully saturated rings. The third-order valence-corrected chi connectivity index (χ3v) is 5.33. The number of piperidine rings is 1. The van der Waals surface area contributed by atoms with Crippen molar-refractivity contribution in [2.24, 2.45) is 11.3 Å². The molecule has 1 aromatic rings. The summed E-state index contributed by atoms with van der Waals surface area (Å²) in [5.74, 6) is -0.533. The van der Waals surface area contributed by atoms with Gasteiger partial charge in [-0.25, -0.2) is 0 Å². The fourth-order valence-corrected chi connectivity index (χ4v) is 3.59. The van der Waals surface area contributed by atoms with Crippen molar-refractivity contribution in [2.75, 3.05) is 13.1 Å². The van der Waals surface area contributed by atoms with Crippen LogP contribution in [0, 0.1) is 11.3 Å². The van der Waals surface area contributed by atoms with Crippen LogP contribution in [0.4, 0.5) is 0 Å². The number of aliphatic carboxylic acids is 1. The number of likely N-dealkylation sites (tertiary alicyclic amines) is 1. The van der Waals surface area contributed by atoms with Gasteiger partial charge < -0.3 is 5.11 Å². The van der Waals surface area contributed by atoms with E-state index in [9.17, 15) is 9.90 Å². The molecule has 1 heterocycles. The molecule has 5 heteroatoms. The van der Waals surface area contributed by atoms with Gasteiger partial charge in [-0.2, -0.15) is 0 Å². The Morgan fingerprint density at radius 1 is 1.52 bits per heavy atom. The monoisotopic (exact) mass is 373 g/mol. The molecule has 1 saturated heterocycles. The number of nitrogens with zero attached hydrogens (tertiary/aromatic N) is 1. The van der Waals surface area contributed by atoms with Gasteiger partial charge in [0.2, 0.25) is 0 Å². The van der Waals surface area contributed by atoms with E-state index in [4.69, 9.17) is 11.6 Å². The molecule has 1 aliphatic rings. The Kier molecular flexibility index (Phi) is 5.33. The summed E-state index contributed by atoms with van der Waals surface area (Å²) in [6.07, 6.45) is 2.01. The molecule has 0 bridgehead atoms. The second-order valence-corrected chi connectivity index (χ2v) is 7.66. The zero-order chi connectivity index (χ0) is 15.6. The van der Waals surface area contributed by atoms with Gasteiger partial charge in [0.1, 0.15) is 0 Å². The molecule has 116 valence electrons. The van der Waals surface area contributed by atoms with Crippen LogP contribution < -0.4 is 0 Å². The van der Waals surface area contributed by atoms with Crippen LogP contribution in [0.1, 0.15) is 32.3 Å². The standard InChI is InChI=1S/C16H21BrClNO2/c1-16(2,15(20)21)12-4-3-7-19(10-12)9-11-5-6-13(17)8-14(11)18/h5-6,8,12H,3-4,7,9-10H2,1-2H3,(H,20,21). The topological polar surface area (TPSA) is 40.5 Å². The van der Waals surface area contributed by atoms with Gasteiger partial charge in [0.15, 0.2) is 0 Å². The van der Waals surface area contributed by atoms with Gasteiger partial charge in [0.05, 0.1) is 5.41 Å². The van der Waals surface area contributed by atoms with E-state index in [1.54, 1.807) is 0 Å². The van der Waals surface area contributed by atoms with Crippen LogP contribution in [0.25, 0.3) is 0 Å². The molecule has 21 heavy (non-hydrogen) atoms. The Morgan fingerprint density at radius 2 is 2.24 bits per heavy atom. The lowest BCUT2D eigenvalue weighted by molar-refractivity contribution is -0.151. The molecular weight excluding hydrogens is 354 g/mol. The second kappa shape index (κ2) is 6.67. The largest absolute Gasteiger partial charge is 0.481 e. The number of rotatable bonds is 4. The van der Waals surface area contributed by atoms with E-state index in [1.165, 1.54) is 0 Å². The summed E-state index contributed by atoms with van der Waals surface area (Å²) >= 11 is 9.68. The third-order valence-electron chi connectivity index (χ3n) is 4.49. The third kappa shape index (κ3) is 3.99. The van der Waals surface area contributed by atoms with Crippen molar-refractivity contribution in [1.29, 1.82) is 0 Å². The lowest BCUT2D eigenvalue weighted by Gasteiger charge is -2.39. The molecule has 1 atom stereocenters. The molecule has 0 amide bonds. The minimum absolute atomic E-state index is 0.179. The maximum Gasteiger partial charge on any atom is 0.309 e. The number of carboxylic acid groups (broad SMARTS) is 1. The zero-order valence-corrected chi connectivity index (χ0v) is 14.7. The molecule has 0 aliphatic carbocycles. The Morgan fingerprint density at radius 3 is 2.86 bits per heavy atom. The van der Waals surface area contributed by atoms with Gasteiger partial charge in [0, 0.05) is 22.6 Å². The molecule has 1 aliphatic heterocycles. The van der Waals surface area contributed by atoms with Crippen molar-refractivity contribution in [3.8, 4) is 0 Å². The molecule has 1 aromatic carbocycles. The van der Waals surface area contributed by atoms with Crippen LogP contribution in [0.5, 0.6) is 0 Å². The summed E-state index contributed by atoms with van der Waals surface area (Å²) in [5.41, 5.74) is 0.413. The van der Waals surface area contributed by atoms with Gasteiger partial charge in [0.25, 0.3) is 0 Å². The van der Waals surface area contributed by atoms with Crippen LogP contribution in [0.3, 0.4) is 0 Å². The molecule has 2 rings (SSSR count). The number of halogens is 2. The first-order chi connectivity index (χ1) is 9.80. The quantitative estimate of drug-likeness (QED) is 0.848. The van der Waals surface area contributed by atoms with Crippen molar-refractivity contribution in [1.82, 2.24) is 4.90 Å². The van der Waals surface area contributed by atoms with Gasteiger partial charge in [-0.05, 0) is 56.8 Å². The second-order valence-electron chi connectivity index (χ2n) is 6.34. The Balaban J connectivity index is 2.06. The van der Waals surface area contributed by atoms with E-state index >= 15 is 0 Å². The number of hydrogen-bond acceptors (Lipinski definition) is 2. The van der Waals surface area contributed by atoms with Crippen LogP contribution in [-0.2, 0) is 11.3 Å². The molecular formula is C16H21BrClNO2. The first-order valence-electron chi connectivity index (χ1n) is 7.20. The Labute approximate surface area is 139 Å². The normalized spacial score (nSPS) is 20.5. The van der Waals surface area contributed by atoms with Gasteiger partial charge in [-0.15, -0.1) is 0 Å². The Hall–Kier alpha value is -0.580. The summed E-state index contributed by atoms with van der Waals surface area (Å²) in [4.78, 5) is 13.7. The summed E-state index contributed by atoms with van der Waals surface area (Å²) in [6.45, 7) is 6.24. The van der Waals surface area contributed by atoms with E-state index in [2.05, 4.69) is 20.8 Å². The molecule has 3 nitrogen and oxygen atoms in total. The van der Waals surface area contributed by atoms with E-state index in [0.717, 1.165) is 47.5 Å². The van der Waals surface area contributed by atoms with Crippen molar-refractivity contribution < 1.29 is 9.90 Å². The van der Waals surface area contributed by atoms with Gasteiger partial charge >= 0.3 is 5.97 Å². The highest BCUT2D eigenvalue weighted by molar-refractivity contribution is 9.10. The highest BCUT2D eigenvalue weighted by atomic mass is 79.9. The predicted molar refractivity (Wildman–Crippen MR) is 88.6 cm³/mol. The first-order valence-corrected chi connectivity index (χ1v) is 8.37. The first kappa shape index (κ1) is 16.8. The molecule has 1 unspecified atom stereocenters. The van der Waals surface area contributed by atoms with Crippen molar-refractivity contribution >= 4 is 33.5 Å². The Bertz CT molecular complexity index is 533. The summed E-state index contributed by atoms with van der Waals surface area (Å²) in [7, 11) is 0. The predicted octanol–water partition coefficient (Wildman–Crippen LogP) is 4.43. The number of carboxylic acids is 1. The van der Waals surface area contributed by atoms with Crippen molar-refractivity contribution in [3.05, 3.63) is 33.3 Å². The van der Waals surface area contributed by atoms with Crippen molar-refractivity contribution in [2.45, 2.75) is 33.2 Å². The average molecular weight is 375 g/mol. The minimum atomic E-state index is -0.712. The van der Waals surface area contributed by atoms with E-state index in [1.807, 2.05) is 32.0 Å². The molecule has 0 spiro atoms. The van der Waals surface area contributed by atoms with E-state index < -0.39 is 11.4 Å². The van der Waals surface area contributed by atoms with Crippen LogP contribution in [0.15, 0.2) is 22.7 Å². The SMILES string of the molecule is CC(C)(C(=O)O)C1CCCN(Cc2ccc(Br)cc2Cl)C1. The van der Waals surface area contributed by atoms with Crippen LogP contribution in [0.2, 0.25) is 5.02 Å². The summed E-state index contributed by atoms with van der Waals surface area (Å²) < 4.78 is 0.972. The van der Waals surface area contributed by atoms with Gasteiger partial charge in [-0.1, -0.05) is 33.6 Å². The fraction of sp³-hybridized carbons (Fsp3) is 0.562. The van der Waals surface area contributed by atoms with E-state index in [0.29, 0.717) is 0 Å². The van der Waals surface area contributed by atoms with Crippen LogP contribution >= 0.6 is 27.5 Å². The van der Waals surface area contributed by atoms with E-state index in [-0.39, 0.29) is 5.92 Å². The number of hydrogen-bond donors (Lipinski definition) is 1. The molecule has 1 N–H and O–H groups in total. The minimum Gasteiger partial charge on any atom is -0.481 e. The summed E-state index contributed by atoms with van der Waals surface area (Å²) in [6, 6.07) is 5.92. The fourth-order valence-electron chi connectivity index (χ4n) is 2.85. The smallest absolute Gasteiger partial charge is 0.309 e. The molecule has 0 radical (unpaired) electrons. The number of benzene rings is 1. The lowest BCUT2D eigenvalue weighted by atomic mass is 9.74. The van der Waals surface area contributed by atoms with Crippen molar-refractivity contribution in [3.63, 3.8) is 0 Å². The highest BCUT2D eigenvalue weighted by Gasteiger charge is 2.39. The average Bonchev–Trinajstić information content (AvgIpc) is 2.42.